The number of hydrogen-bond donors (Lipinski definition) is 0. The number of rotatable bonds is 5. The van der Waals surface area contributed by atoms with E-state index in [1.807, 2.05) is 31.2 Å². The molecule has 140 valence electrons. The highest BCUT2D eigenvalue weighted by Gasteiger charge is 2.32. The van der Waals surface area contributed by atoms with Crippen molar-refractivity contribution in [3.63, 3.8) is 0 Å². The molecule has 1 heterocycles. The number of aryl methyl sites for hydroxylation is 1. The van der Waals surface area contributed by atoms with Crippen LogP contribution in [0.4, 0.5) is 0 Å². The van der Waals surface area contributed by atoms with E-state index >= 15 is 0 Å². The summed E-state index contributed by atoms with van der Waals surface area (Å²) in [6, 6.07) is 12.6. The van der Waals surface area contributed by atoms with Gasteiger partial charge in [0.25, 0.3) is 0 Å². The van der Waals surface area contributed by atoms with Crippen molar-refractivity contribution in [1.82, 2.24) is 4.31 Å². The minimum absolute atomic E-state index is 0.180. The van der Waals surface area contributed by atoms with Gasteiger partial charge in [-0.1, -0.05) is 29.8 Å². The first kappa shape index (κ1) is 18.7. The van der Waals surface area contributed by atoms with E-state index in [0.29, 0.717) is 24.7 Å². The van der Waals surface area contributed by atoms with Crippen LogP contribution in [0.25, 0.3) is 0 Å². The van der Waals surface area contributed by atoms with Gasteiger partial charge < -0.3 is 14.2 Å². The van der Waals surface area contributed by atoms with Crippen molar-refractivity contribution in [2.75, 3.05) is 33.9 Å². The lowest BCUT2D eigenvalue weighted by Gasteiger charge is -2.32. The number of nitrogens with zero attached hydrogens (tertiary/aromatic N) is 1. The maximum atomic E-state index is 13.1. The average molecular weight is 377 g/mol. The maximum absolute atomic E-state index is 13.1. The van der Waals surface area contributed by atoms with Crippen molar-refractivity contribution < 1.29 is 22.6 Å². The molecular formula is C19H23NO5S. The van der Waals surface area contributed by atoms with Crippen molar-refractivity contribution in [3.8, 4) is 11.5 Å². The molecule has 1 fully saturated rings. The molecule has 0 N–H and O–H groups in total. The van der Waals surface area contributed by atoms with Crippen LogP contribution in [0.2, 0.25) is 0 Å². The van der Waals surface area contributed by atoms with Crippen LogP contribution in [0.3, 0.4) is 0 Å². The standard InChI is InChI=1S/C19H23NO5S/c1-14-4-6-15(7-5-14)19-13-20(10-11-25-19)26(21,22)16-8-9-17(23-2)18(12-16)24-3/h4-9,12,19H,10-11,13H2,1-3H3. The molecule has 1 atom stereocenters. The van der Waals surface area contributed by atoms with Gasteiger partial charge in [-0.2, -0.15) is 4.31 Å². The first-order valence-corrected chi connectivity index (χ1v) is 9.80. The summed E-state index contributed by atoms with van der Waals surface area (Å²) in [6.45, 7) is 2.96. The second kappa shape index (κ2) is 7.65. The van der Waals surface area contributed by atoms with Gasteiger partial charge in [-0.15, -0.1) is 0 Å². The molecule has 7 heteroatoms. The Kier molecular flexibility index (Phi) is 5.50. The van der Waals surface area contributed by atoms with Crippen LogP contribution < -0.4 is 9.47 Å². The van der Waals surface area contributed by atoms with Crippen molar-refractivity contribution >= 4 is 10.0 Å². The molecule has 6 nitrogen and oxygen atoms in total. The highest BCUT2D eigenvalue weighted by atomic mass is 32.2. The number of hydrogen-bond acceptors (Lipinski definition) is 5. The number of benzene rings is 2. The van der Waals surface area contributed by atoms with Gasteiger partial charge in [-0.25, -0.2) is 8.42 Å². The lowest BCUT2D eigenvalue weighted by Crippen LogP contribution is -2.42. The Morgan fingerprint density at radius 2 is 1.73 bits per heavy atom. The summed E-state index contributed by atoms with van der Waals surface area (Å²) < 4.78 is 43.8. The third kappa shape index (κ3) is 3.70. The first-order valence-electron chi connectivity index (χ1n) is 8.36. The van der Waals surface area contributed by atoms with Crippen molar-refractivity contribution in [1.29, 1.82) is 0 Å². The third-order valence-electron chi connectivity index (χ3n) is 4.47. The van der Waals surface area contributed by atoms with E-state index in [-0.39, 0.29) is 17.5 Å². The molecular weight excluding hydrogens is 354 g/mol. The van der Waals surface area contributed by atoms with Gasteiger partial charge in [0, 0.05) is 19.2 Å². The molecule has 1 unspecified atom stereocenters. The largest absolute Gasteiger partial charge is 0.493 e. The Balaban J connectivity index is 1.86. The predicted octanol–water partition coefficient (Wildman–Crippen LogP) is 2.77. The number of methoxy groups -OCH3 is 2. The minimum atomic E-state index is -3.65. The van der Waals surface area contributed by atoms with E-state index in [9.17, 15) is 8.42 Å². The monoisotopic (exact) mass is 377 g/mol. The van der Waals surface area contributed by atoms with E-state index < -0.39 is 10.0 Å². The smallest absolute Gasteiger partial charge is 0.243 e. The highest BCUT2D eigenvalue weighted by Crippen LogP contribution is 2.32. The van der Waals surface area contributed by atoms with Gasteiger partial charge in [0.1, 0.15) is 0 Å². The van der Waals surface area contributed by atoms with Gasteiger partial charge in [0.15, 0.2) is 11.5 Å². The molecule has 0 amide bonds. The van der Waals surface area contributed by atoms with Crippen molar-refractivity contribution in [2.45, 2.75) is 17.9 Å². The quantitative estimate of drug-likeness (QED) is 0.802. The molecule has 0 saturated carbocycles. The zero-order valence-electron chi connectivity index (χ0n) is 15.1. The molecule has 26 heavy (non-hydrogen) atoms. The summed E-state index contributed by atoms with van der Waals surface area (Å²) in [5.74, 6) is 0.878. The first-order chi connectivity index (χ1) is 12.5. The fraction of sp³-hybridized carbons (Fsp3) is 0.368. The van der Waals surface area contributed by atoms with Crippen LogP contribution in [0.15, 0.2) is 47.4 Å². The molecule has 0 aromatic heterocycles. The lowest BCUT2D eigenvalue weighted by atomic mass is 10.1. The van der Waals surface area contributed by atoms with E-state index in [4.69, 9.17) is 14.2 Å². The molecule has 1 aliphatic rings. The summed E-state index contributed by atoms with van der Waals surface area (Å²) in [6.07, 6.45) is -0.278. The maximum Gasteiger partial charge on any atom is 0.243 e. The minimum Gasteiger partial charge on any atom is -0.493 e. The zero-order valence-corrected chi connectivity index (χ0v) is 16.0. The zero-order chi connectivity index (χ0) is 18.7. The predicted molar refractivity (Wildman–Crippen MR) is 98.2 cm³/mol. The van der Waals surface area contributed by atoms with Gasteiger partial charge in [-0.3, -0.25) is 0 Å². The van der Waals surface area contributed by atoms with Crippen LogP contribution in [0, 0.1) is 6.92 Å². The molecule has 0 spiro atoms. The molecule has 0 aliphatic carbocycles. The summed E-state index contributed by atoms with van der Waals surface area (Å²) >= 11 is 0. The topological polar surface area (TPSA) is 65.1 Å². The Hall–Kier alpha value is -2.09. The van der Waals surface area contributed by atoms with Crippen molar-refractivity contribution in [3.05, 3.63) is 53.6 Å². The number of ether oxygens (including phenoxy) is 3. The lowest BCUT2D eigenvalue weighted by molar-refractivity contribution is -0.00256. The summed E-state index contributed by atoms with van der Waals surface area (Å²) in [5.41, 5.74) is 2.13. The summed E-state index contributed by atoms with van der Waals surface area (Å²) in [5, 5.41) is 0. The van der Waals surface area contributed by atoms with Gasteiger partial charge in [0.05, 0.1) is 31.8 Å². The molecule has 1 aliphatic heterocycles. The fourth-order valence-electron chi connectivity index (χ4n) is 2.95. The second-order valence-corrected chi connectivity index (χ2v) is 8.09. The van der Waals surface area contributed by atoms with Gasteiger partial charge >= 0.3 is 0 Å². The molecule has 2 aromatic rings. The second-order valence-electron chi connectivity index (χ2n) is 6.15. The highest BCUT2D eigenvalue weighted by molar-refractivity contribution is 7.89. The Labute approximate surface area is 154 Å². The Bertz CT molecular complexity index is 864. The van der Waals surface area contributed by atoms with E-state index in [1.165, 1.54) is 30.7 Å². The van der Waals surface area contributed by atoms with Crippen LogP contribution in [-0.4, -0.2) is 46.6 Å². The third-order valence-corrected chi connectivity index (χ3v) is 6.33. The number of morpholine rings is 1. The summed E-state index contributed by atoms with van der Waals surface area (Å²) in [7, 11) is -0.654. The summed E-state index contributed by atoms with van der Waals surface area (Å²) in [4.78, 5) is 0.180. The van der Waals surface area contributed by atoms with E-state index in [1.54, 1.807) is 6.07 Å². The molecule has 0 radical (unpaired) electrons. The average Bonchev–Trinajstić information content (AvgIpc) is 2.68. The van der Waals surface area contributed by atoms with E-state index in [2.05, 4.69) is 0 Å². The van der Waals surface area contributed by atoms with Crippen LogP contribution in [0.1, 0.15) is 17.2 Å². The Morgan fingerprint density at radius 1 is 1.04 bits per heavy atom. The number of sulfonamides is 1. The van der Waals surface area contributed by atoms with Crippen LogP contribution in [-0.2, 0) is 14.8 Å². The SMILES string of the molecule is COc1ccc(S(=O)(=O)N2CCOC(c3ccc(C)cc3)C2)cc1OC. The fourth-order valence-corrected chi connectivity index (χ4v) is 4.39. The van der Waals surface area contributed by atoms with Gasteiger partial charge in [0.2, 0.25) is 10.0 Å². The normalized spacial score (nSPS) is 18.5. The molecule has 0 bridgehead atoms. The van der Waals surface area contributed by atoms with Crippen molar-refractivity contribution in [2.24, 2.45) is 0 Å². The Morgan fingerprint density at radius 3 is 2.38 bits per heavy atom. The molecule has 1 saturated heterocycles. The molecule has 3 rings (SSSR count). The molecule has 2 aromatic carbocycles. The van der Waals surface area contributed by atoms with Crippen LogP contribution >= 0.6 is 0 Å². The van der Waals surface area contributed by atoms with Crippen LogP contribution in [0.5, 0.6) is 11.5 Å². The van der Waals surface area contributed by atoms with Gasteiger partial charge in [-0.05, 0) is 24.6 Å². The van der Waals surface area contributed by atoms with E-state index in [0.717, 1.165) is 11.1 Å².